The molecule has 1 heterocycles. The van der Waals surface area contributed by atoms with E-state index in [-0.39, 0.29) is 10.7 Å². The number of rotatable bonds is 4. The Bertz CT molecular complexity index is 643. The van der Waals surface area contributed by atoms with Crippen molar-refractivity contribution in [3.63, 3.8) is 0 Å². The number of nitrogens with zero attached hydrogens (tertiary/aromatic N) is 3. The molecule has 1 aromatic carbocycles. The third kappa shape index (κ3) is 2.80. The highest BCUT2D eigenvalue weighted by Gasteiger charge is 2.19. The van der Waals surface area contributed by atoms with Gasteiger partial charge in [-0.05, 0) is 24.1 Å². The zero-order valence-corrected chi connectivity index (χ0v) is 11.8. The van der Waals surface area contributed by atoms with Gasteiger partial charge in [0.2, 0.25) is 0 Å². The Morgan fingerprint density at radius 1 is 1.50 bits per heavy atom. The fraction of sp³-hybridized carbons (Fsp3) is 0.308. The van der Waals surface area contributed by atoms with Crippen molar-refractivity contribution in [1.82, 2.24) is 15.0 Å². The lowest BCUT2D eigenvalue weighted by Crippen LogP contribution is -2.10. The molecular weight excluding hydrogens is 285 g/mol. The number of hydrogen-bond donors (Lipinski definition) is 0. The fourth-order valence-electron chi connectivity index (χ4n) is 1.88. The second kappa shape index (κ2) is 6.00. The largest absolute Gasteiger partial charge is 0.464 e. The molecule has 0 spiro atoms. The maximum absolute atomic E-state index is 13.1. The summed E-state index contributed by atoms with van der Waals surface area (Å²) in [5, 5.41) is 7.81. The number of methoxy groups -OCH3 is 1. The van der Waals surface area contributed by atoms with Crippen LogP contribution in [0.15, 0.2) is 18.2 Å². The molecule has 0 radical (unpaired) electrons. The fourth-order valence-corrected chi connectivity index (χ4v) is 2.08. The predicted molar refractivity (Wildman–Crippen MR) is 71.3 cm³/mol. The van der Waals surface area contributed by atoms with Crippen LogP contribution >= 0.6 is 11.6 Å². The molecule has 2 aromatic rings. The van der Waals surface area contributed by atoms with Gasteiger partial charge in [-0.1, -0.05) is 29.8 Å². The molecule has 0 saturated carbocycles. The third-order valence-corrected chi connectivity index (χ3v) is 3.16. The van der Waals surface area contributed by atoms with Crippen LogP contribution in [0.2, 0.25) is 5.02 Å². The van der Waals surface area contributed by atoms with Crippen LogP contribution in [-0.4, -0.2) is 28.1 Å². The monoisotopic (exact) mass is 297 g/mol. The molecule has 2 rings (SSSR count). The molecule has 7 heteroatoms. The van der Waals surface area contributed by atoms with E-state index >= 15 is 0 Å². The van der Waals surface area contributed by atoms with Crippen LogP contribution in [0.1, 0.15) is 28.7 Å². The summed E-state index contributed by atoms with van der Waals surface area (Å²) in [5.74, 6) is -0.995. The number of ether oxygens (including phenoxy) is 1. The van der Waals surface area contributed by atoms with Crippen LogP contribution in [0.4, 0.5) is 4.39 Å². The number of aromatic nitrogens is 3. The zero-order chi connectivity index (χ0) is 14.7. The van der Waals surface area contributed by atoms with Gasteiger partial charge in [0, 0.05) is 0 Å². The Labute approximate surface area is 120 Å². The first kappa shape index (κ1) is 14.5. The van der Waals surface area contributed by atoms with Crippen LogP contribution in [0.25, 0.3) is 0 Å². The first-order chi connectivity index (χ1) is 9.56. The topological polar surface area (TPSA) is 57.0 Å². The molecule has 0 bridgehead atoms. The molecule has 0 fully saturated rings. The van der Waals surface area contributed by atoms with Gasteiger partial charge >= 0.3 is 5.97 Å². The van der Waals surface area contributed by atoms with Gasteiger partial charge in [-0.15, -0.1) is 5.10 Å². The average Bonchev–Trinajstić information content (AvgIpc) is 2.84. The Balaban J connectivity index is 2.31. The Hall–Kier alpha value is -1.95. The average molecular weight is 298 g/mol. The molecule has 0 N–H and O–H groups in total. The molecule has 5 nitrogen and oxygen atoms in total. The van der Waals surface area contributed by atoms with Crippen LogP contribution in [0, 0.1) is 5.82 Å². The highest BCUT2D eigenvalue weighted by molar-refractivity contribution is 6.30. The van der Waals surface area contributed by atoms with Crippen LogP contribution in [0.3, 0.4) is 0 Å². The van der Waals surface area contributed by atoms with Crippen LogP contribution in [-0.2, 0) is 17.7 Å². The lowest BCUT2D eigenvalue weighted by molar-refractivity contribution is 0.0592. The van der Waals surface area contributed by atoms with E-state index in [4.69, 9.17) is 11.6 Å². The maximum Gasteiger partial charge on any atom is 0.360 e. The smallest absolute Gasteiger partial charge is 0.360 e. The second-order valence-electron chi connectivity index (χ2n) is 4.14. The van der Waals surface area contributed by atoms with Crippen molar-refractivity contribution < 1.29 is 13.9 Å². The molecule has 0 saturated heterocycles. The first-order valence-electron chi connectivity index (χ1n) is 6.01. The van der Waals surface area contributed by atoms with Crippen molar-refractivity contribution in [2.45, 2.75) is 19.9 Å². The van der Waals surface area contributed by atoms with Crippen molar-refractivity contribution in [2.24, 2.45) is 0 Å². The van der Waals surface area contributed by atoms with E-state index in [1.165, 1.54) is 19.2 Å². The molecule has 106 valence electrons. The molecule has 0 aliphatic rings. The molecule has 20 heavy (non-hydrogen) atoms. The van der Waals surface area contributed by atoms with Crippen molar-refractivity contribution in [3.05, 3.63) is 46.0 Å². The number of halogens is 2. The SMILES string of the molecule is CCc1c(C(=O)OC)nnn1Cc1ccc(F)c(Cl)c1. The van der Waals surface area contributed by atoms with Crippen molar-refractivity contribution in [1.29, 1.82) is 0 Å². The summed E-state index contributed by atoms with van der Waals surface area (Å²) < 4.78 is 19.3. The molecule has 0 amide bonds. The van der Waals surface area contributed by atoms with Gasteiger partial charge in [-0.3, -0.25) is 0 Å². The molecular formula is C13H13ClFN3O2. The summed E-state index contributed by atoms with van der Waals surface area (Å²) in [4.78, 5) is 11.5. The van der Waals surface area contributed by atoms with E-state index in [0.29, 0.717) is 18.7 Å². The minimum Gasteiger partial charge on any atom is -0.464 e. The number of hydrogen-bond acceptors (Lipinski definition) is 4. The highest BCUT2D eigenvalue weighted by Crippen LogP contribution is 2.17. The Kier molecular flexibility index (Phi) is 4.34. The van der Waals surface area contributed by atoms with Gasteiger partial charge in [0.1, 0.15) is 5.82 Å². The first-order valence-corrected chi connectivity index (χ1v) is 6.39. The van der Waals surface area contributed by atoms with Gasteiger partial charge < -0.3 is 4.74 Å². The number of carbonyl (C=O) groups excluding carboxylic acids is 1. The van der Waals surface area contributed by atoms with Crippen LogP contribution < -0.4 is 0 Å². The van der Waals surface area contributed by atoms with E-state index < -0.39 is 11.8 Å². The molecule has 0 aliphatic carbocycles. The minimum atomic E-state index is -0.523. The predicted octanol–water partition coefficient (Wildman–Crippen LogP) is 2.47. The standard InChI is InChI=1S/C13H13ClFN3O2/c1-3-11-12(13(19)20-2)16-17-18(11)7-8-4-5-10(15)9(14)6-8/h4-6H,3,7H2,1-2H3. The second-order valence-corrected chi connectivity index (χ2v) is 4.54. The summed E-state index contributed by atoms with van der Waals surface area (Å²) in [5.41, 5.74) is 1.63. The van der Waals surface area contributed by atoms with Crippen molar-refractivity contribution in [2.75, 3.05) is 7.11 Å². The lowest BCUT2D eigenvalue weighted by Gasteiger charge is -2.06. The number of esters is 1. The molecule has 1 aromatic heterocycles. The van der Waals surface area contributed by atoms with E-state index in [2.05, 4.69) is 15.0 Å². The molecule has 0 unspecified atom stereocenters. The third-order valence-electron chi connectivity index (χ3n) is 2.87. The van der Waals surface area contributed by atoms with Crippen molar-refractivity contribution >= 4 is 17.6 Å². The molecule has 0 aliphatic heterocycles. The summed E-state index contributed by atoms with van der Waals surface area (Å²) in [6.45, 7) is 2.24. The normalized spacial score (nSPS) is 10.6. The van der Waals surface area contributed by atoms with E-state index in [0.717, 1.165) is 5.56 Å². The van der Waals surface area contributed by atoms with E-state index in [9.17, 15) is 9.18 Å². The Morgan fingerprint density at radius 3 is 2.85 bits per heavy atom. The number of carbonyl (C=O) groups is 1. The van der Waals surface area contributed by atoms with Gasteiger partial charge in [0.05, 0.1) is 24.4 Å². The number of benzene rings is 1. The van der Waals surface area contributed by atoms with Crippen LogP contribution in [0.5, 0.6) is 0 Å². The summed E-state index contributed by atoms with van der Waals surface area (Å²) in [6, 6.07) is 4.43. The maximum atomic E-state index is 13.1. The van der Waals surface area contributed by atoms with E-state index in [1.807, 2.05) is 6.92 Å². The lowest BCUT2D eigenvalue weighted by atomic mass is 10.2. The summed E-state index contributed by atoms with van der Waals surface area (Å²) >= 11 is 5.74. The van der Waals surface area contributed by atoms with Gasteiger partial charge in [-0.2, -0.15) is 0 Å². The van der Waals surface area contributed by atoms with Gasteiger partial charge in [-0.25, -0.2) is 13.9 Å². The van der Waals surface area contributed by atoms with Crippen molar-refractivity contribution in [3.8, 4) is 0 Å². The van der Waals surface area contributed by atoms with Gasteiger partial charge in [0.15, 0.2) is 5.69 Å². The van der Waals surface area contributed by atoms with Gasteiger partial charge in [0.25, 0.3) is 0 Å². The quantitative estimate of drug-likeness (QED) is 0.814. The summed E-state index contributed by atoms with van der Waals surface area (Å²) in [6.07, 6.45) is 0.576. The highest BCUT2D eigenvalue weighted by atomic mass is 35.5. The Morgan fingerprint density at radius 2 is 2.25 bits per heavy atom. The molecule has 0 atom stereocenters. The minimum absolute atomic E-state index is 0.0499. The van der Waals surface area contributed by atoms with E-state index in [1.54, 1.807) is 10.7 Å². The zero-order valence-electron chi connectivity index (χ0n) is 11.1. The summed E-state index contributed by atoms with van der Waals surface area (Å²) in [7, 11) is 1.29.